The van der Waals surface area contributed by atoms with E-state index in [4.69, 9.17) is 9.15 Å². The fourth-order valence-corrected chi connectivity index (χ4v) is 2.00. The topological polar surface area (TPSA) is 51.5 Å². The van der Waals surface area contributed by atoms with Gasteiger partial charge in [0.2, 0.25) is 0 Å². The van der Waals surface area contributed by atoms with E-state index in [-0.39, 0.29) is 11.9 Å². The van der Waals surface area contributed by atoms with Crippen LogP contribution >= 0.6 is 0 Å². The second-order valence-corrected chi connectivity index (χ2v) is 4.59. The van der Waals surface area contributed by atoms with Crippen molar-refractivity contribution in [2.45, 2.75) is 26.8 Å². The summed E-state index contributed by atoms with van der Waals surface area (Å²) in [5.74, 6) is 1.33. The maximum atomic E-state index is 12.1. The van der Waals surface area contributed by atoms with Gasteiger partial charge in [0, 0.05) is 0 Å². The lowest BCUT2D eigenvalue weighted by Gasteiger charge is -2.14. The number of hydrogen-bond donors (Lipinski definition) is 1. The van der Waals surface area contributed by atoms with Crippen LogP contribution in [0.4, 0.5) is 0 Å². The molecule has 0 radical (unpaired) electrons. The monoisotopic (exact) mass is 273 g/mol. The highest BCUT2D eigenvalue weighted by atomic mass is 16.5. The highest BCUT2D eigenvalue weighted by Gasteiger charge is 2.14. The Morgan fingerprint density at radius 1 is 1.30 bits per heavy atom. The fourth-order valence-electron chi connectivity index (χ4n) is 2.00. The highest BCUT2D eigenvalue weighted by Crippen LogP contribution is 2.18. The van der Waals surface area contributed by atoms with E-state index in [1.165, 1.54) is 6.26 Å². The molecule has 0 bridgehead atoms. The predicted molar refractivity (Wildman–Crippen MR) is 76.9 cm³/mol. The SMILES string of the molecule is CCOc1ccc(C(C)NC(=O)c2ccoc2C)cc1. The summed E-state index contributed by atoms with van der Waals surface area (Å²) in [5.41, 5.74) is 1.60. The molecular formula is C16H19NO3. The molecule has 1 heterocycles. The molecule has 0 saturated heterocycles. The second kappa shape index (κ2) is 6.28. The molecule has 4 heteroatoms. The zero-order valence-electron chi connectivity index (χ0n) is 12.0. The van der Waals surface area contributed by atoms with Crippen molar-refractivity contribution < 1.29 is 13.9 Å². The van der Waals surface area contributed by atoms with Gasteiger partial charge in [-0.3, -0.25) is 4.79 Å². The Labute approximate surface area is 118 Å². The Hall–Kier alpha value is -2.23. The van der Waals surface area contributed by atoms with Crippen molar-refractivity contribution >= 4 is 5.91 Å². The number of furan rings is 1. The summed E-state index contributed by atoms with van der Waals surface area (Å²) in [4.78, 5) is 12.1. The third-order valence-corrected chi connectivity index (χ3v) is 3.14. The van der Waals surface area contributed by atoms with Gasteiger partial charge in [-0.05, 0) is 44.5 Å². The minimum absolute atomic E-state index is 0.0764. The van der Waals surface area contributed by atoms with Gasteiger partial charge in [0.15, 0.2) is 0 Å². The van der Waals surface area contributed by atoms with Gasteiger partial charge in [0.25, 0.3) is 5.91 Å². The number of nitrogens with one attached hydrogen (secondary N) is 1. The molecule has 0 spiro atoms. The van der Waals surface area contributed by atoms with Crippen LogP contribution in [0.1, 0.15) is 41.6 Å². The standard InChI is InChI=1S/C16H19NO3/c1-4-19-14-7-5-13(6-8-14)11(2)17-16(18)15-9-10-20-12(15)3/h5-11H,4H2,1-3H3,(H,17,18). The van der Waals surface area contributed by atoms with E-state index in [1.54, 1.807) is 13.0 Å². The van der Waals surface area contributed by atoms with E-state index in [0.717, 1.165) is 11.3 Å². The maximum Gasteiger partial charge on any atom is 0.255 e. The van der Waals surface area contributed by atoms with Crippen LogP contribution in [0.2, 0.25) is 0 Å². The Bertz CT molecular complexity index is 572. The molecule has 4 nitrogen and oxygen atoms in total. The number of hydrogen-bond acceptors (Lipinski definition) is 3. The normalized spacial score (nSPS) is 11.9. The third-order valence-electron chi connectivity index (χ3n) is 3.14. The summed E-state index contributed by atoms with van der Waals surface area (Å²) < 4.78 is 10.5. The summed E-state index contributed by atoms with van der Waals surface area (Å²) in [6, 6.07) is 9.33. The first-order valence-corrected chi connectivity index (χ1v) is 6.69. The molecule has 1 N–H and O–H groups in total. The van der Waals surface area contributed by atoms with Crippen LogP contribution in [0.3, 0.4) is 0 Å². The van der Waals surface area contributed by atoms with Gasteiger partial charge < -0.3 is 14.5 Å². The van der Waals surface area contributed by atoms with Gasteiger partial charge in [0.05, 0.1) is 24.5 Å². The lowest BCUT2D eigenvalue weighted by molar-refractivity contribution is 0.0938. The average molecular weight is 273 g/mol. The number of carbonyl (C=O) groups excluding carboxylic acids is 1. The van der Waals surface area contributed by atoms with E-state index >= 15 is 0 Å². The number of benzene rings is 1. The van der Waals surface area contributed by atoms with Gasteiger partial charge in [-0.25, -0.2) is 0 Å². The summed E-state index contributed by atoms with van der Waals surface area (Å²) in [7, 11) is 0. The maximum absolute atomic E-state index is 12.1. The zero-order valence-corrected chi connectivity index (χ0v) is 12.0. The van der Waals surface area contributed by atoms with Crippen LogP contribution in [0.5, 0.6) is 5.75 Å². The third kappa shape index (κ3) is 3.20. The minimum Gasteiger partial charge on any atom is -0.494 e. The molecule has 1 amide bonds. The molecule has 0 aliphatic heterocycles. The first-order chi connectivity index (χ1) is 9.61. The Morgan fingerprint density at radius 2 is 2.00 bits per heavy atom. The van der Waals surface area contributed by atoms with E-state index in [9.17, 15) is 4.79 Å². The summed E-state index contributed by atoms with van der Waals surface area (Å²) in [6.45, 7) is 6.31. The number of rotatable bonds is 5. The summed E-state index contributed by atoms with van der Waals surface area (Å²) in [6.07, 6.45) is 1.52. The molecule has 0 saturated carbocycles. The van der Waals surface area contributed by atoms with Crippen LogP contribution in [-0.4, -0.2) is 12.5 Å². The van der Waals surface area contributed by atoms with E-state index in [2.05, 4.69) is 5.32 Å². The van der Waals surface area contributed by atoms with Gasteiger partial charge in [-0.1, -0.05) is 12.1 Å². The molecule has 20 heavy (non-hydrogen) atoms. The predicted octanol–water partition coefficient (Wildman–Crippen LogP) is 3.48. The molecule has 2 aromatic rings. The molecule has 1 aromatic carbocycles. The largest absolute Gasteiger partial charge is 0.494 e. The van der Waals surface area contributed by atoms with Crippen LogP contribution in [0.15, 0.2) is 41.0 Å². The molecule has 0 fully saturated rings. The number of aryl methyl sites for hydroxylation is 1. The molecule has 1 atom stereocenters. The van der Waals surface area contributed by atoms with Gasteiger partial charge in [-0.2, -0.15) is 0 Å². The van der Waals surface area contributed by atoms with Gasteiger partial charge in [-0.15, -0.1) is 0 Å². The molecule has 106 valence electrons. The molecular weight excluding hydrogens is 254 g/mol. The Balaban J connectivity index is 2.02. The highest BCUT2D eigenvalue weighted by molar-refractivity contribution is 5.95. The molecule has 0 aliphatic carbocycles. The van der Waals surface area contributed by atoms with Crippen molar-refractivity contribution in [3.05, 3.63) is 53.5 Å². The van der Waals surface area contributed by atoms with Crippen molar-refractivity contribution in [2.75, 3.05) is 6.61 Å². The molecule has 1 aromatic heterocycles. The zero-order chi connectivity index (χ0) is 14.5. The summed E-state index contributed by atoms with van der Waals surface area (Å²) in [5, 5.41) is 2.95. The quantitative estimate of drug-likeness (QED) is 0.907. The smallest absolute Gasteiger partial charge is 0.255 e. The molecule has 2 rings (SSSR count). The van der Waals surface area contributed by atoms with Crippen molar-refractivity contribution in [1.29, 1.82) is 0 Å². The van der Waals surface area contributed by atoms with E-state index in [0.29, 0.717) is 17.9 Å². The minimum atomic E-state index is -0.127. The van der Waals surface area contributed by atoms with Crippen molar-refractivity contribution in [2.24, 2.45) is 0 Å². The van der Waals surface area contributed by atoms with Crippen LogP contribution in [-0.2, 0) is 0 Å². The first kappa shape index (κ1) is 14.2. The van der Waals surface area contributed by atoms with Crippen molar-refractivity contribution in [1.82, 2.24) is 5.32 Å². The van der Waals surface area contributed by atoms with Crippen molar-refractivity contribution in [3.63, 3.8) is 0 Å². The number of carbonyl (C=O) groups is 1. The van der Waals surface area contributed by atoms with Crippen LogP contribution in [0.25, 0.3) is 0 Å². The lowest BCUT2D eigenvalue weighted by atomic mass is 10.1. The second-order valence-electron chi connectivity index (χ2n) is 4.59. The Kier molecular flexibility index (Phi) is 4.45. The summed E-state index contributed by atoms with van der Waals surface area (Å²) >= 11 is 0. The fraction of sp³-hybridized carbons (Fsp3) is 0.312. The number of amides is 1. The first-order valence-electron chi connectivity index (χ1n) is 6.69. The van der Waals surface area contributed by atoms with E-state index in [1.807, 2.05) is 38.1 Å². The van der Waals surface area contributed by atoms with Crippen LogP contribution < -0.4 is 10.1 Å². The van der Waals surface area contributed by atoms with Gasteiger partial charge >= 0.3 is 0 Å². The van der Waals surface area contributed by atoms with Gasteiger partial charge in [0.1, 0.15) is 11.5 Å². The van der Waals surface area contributed by atoms with Crippen molar-refractivity contribution in [3.8, 4) is 5.75 Å². The van der Waals surface area contributed by atoms with Crippen LogP contribution in [0, 0.1) is 6.92 Å². The average Bonchev–Trinajstić information content (AvgIpc) is 2.86. The Morgan fingerprint density at radius 3 is 2.55 bits per heavy atom. The molecule has 0 aliphatic rings. The molecule has 1 unspecified atom stereocenters. The van der Waals surface area contributed by atoms with E-state index < -0.39 is 0 Å². The number of ether oxygens (including phenoxy) is 1. The lowest BCUT2D eigenvalue weighted by Crippen LogP contribution is -2.26.